The molecule has 1 unspecified atom stereocenters. The fourth-order valence-electron chi connectivity index (χ4n) is 4.57. The van der Waals surface area contributed by atoms with Gasteiger partial charge in [0.05, 0.1) is 13.8 Å². The number of anilines is 1. The smallest absolute Gasteiger partial charge is 0.254 e. The summed E-state index contributed by atoms with van der Waals surface area (Å²) in [5.41, 5.74) is 0.850. The van der Waals surface area contributed by atoms with E-state index in [9.17, 15) is 9.59 Å². The maximum atomic E-state index is 13.4. The van der Waals surface area contributed by atoms with Crippen LogP contribution >= 0.6 is 11.6 Å². The lowest BCUT2D eigenvalue weighted by molar-refractivity contribution is -0.135. The van der Waals surface area contributed by atoms with E-state index in [2.05, 4.69) is 10.6 Å². The number of para-hydroxylation sites is 1. The van der Waals surface area contributed by atoms with Crippen LogP contribution in [0.4, 0.5) is 5.69 Å². The number of fused-ring (bicyclic) bond motifs is 1. The summed E-state index contributed by atoms with van der Waals surface area (Å²) < 4.78 is 5.58. The highest BCUT2D eigenvalue weighted by molar-refractivity contribution is 6.31. The maximum absolute atomic E-state index is 13.4. The highest BCUT2D eigenvalue weighted by atomic mass is 35.5. The predicted octanol–water partition coefficient (Wildman–Crippen LogP) is 3.74. The zero-order valence-electron chi connectivity index (χ0n) is 17.2. The van der Waals surface area contributed by atoms with Crippen molar-refractivity contribution in [2.75, 3.05) is 26.1 Å². The number of amides is 2. The zero-order valence-corrected chi connectivity index (χ0v) is 18.0. The fourth-order valence-corrected chi connectivity index (χ4v) is 4.74. The van der Waals surface area contributed by atoms with Crippen LogP contribution in [-0.4, -0.2) is 37.5 Å². The van der Waals surface area contributed by atoms with Gasteiger partial charge in [-0.15, -0.1) is 0 Å². The summed E-state index contributed by atoms with van der Waals surface area (Å²) in [4.78, 5) is 27.9. The average Bonchev–Trinajstić information content (AvgIpc) is 3.38. The Hall–Kier alpha value is -2.57. The molecule has 1 saturated carbocycles. The molecule has 1 atom stereocenters. The molecule has 2 amide bonds. The van der Waals surface area contributed by atoms with Gasteiger partial charge in [0.1, 0.15) is 5.75 Å². The molecule has 4 rings (SSSR count). The van der Waals surface area contributed by atoms with Gasteiger partial charge in [0, 0.05) is 34.8 Å². The number of benzene rings is 2. The Kier molecular flexibility index (Phi) is 5.71. The largest absolute Gasteiger partial charge is 0.496 e. The van der Waals surface area contributed by atoms with Gasteiger partial charge in [0.25, 0.3) is 5.91 Å². The van der Waals surface area contributed by atoms with Crippen molar-refractivity contribution in [3.63, 3.8) is 0 Å². The fraction of sp³-hybridized carbons (Fsp3) is 0.391. The molecule has 0 saturated heterocycles. The summed E-state index contributed by atoms with van der Waals surface area (Å²) in [6.07, 6.45) is 4.05. The number of methoxy groups -OCH3 is 1. The maximum Gasteiger partial charge on any atom is 0.254 e. The second-order valence-electron chi connectivity index (χ2n) is 7.95. The lowest BCUT2D eigenvalue weighted by atomic mass is 9.83. The second kappa shape index (κ2) is 8.28. The molecule has 2 aromatic rings. The third kappa shape index (κ3) is 3.44. The van der Waals surface area contributed by atoms with Crippen molar-refractivity contribution in [2.45, 2.75) is 31.2 Å². The average molecular weight is 428 g/mol. The molecule has 2 N–H and O–H groups in total. The molecular formula is C23H26ClN3O3. The summed E-state index contributed by atoms with van der Waals surface area (Å²) >= 11 is 6.30. The number of hydrogen-bond donors (Lipinski definition) is 2. The minimum Gasteiger partial charge on any atom is -0.496 e. The van der Waals surface area contributed by atoms with E-state index in [0.29, 0.717) is 27.6 Å². The van der Waals surface area contributed by atoms with E-state index in [1.54, 1.807) is 37.3 Å². The molecule has 6 nitrogen and oxygen atoms in total. The van der Waals surface area contributed by atoms with Crippen molar-refractivity contribution in [2.24, 2.45) is 5.92 Å². The monoisotopic (exact) mass is 427 g/mol. The van der Waals surface area contributed by atoms with Crippen LogP contribution in [0.2, 0.25) is 5.02 Å². The number of ether oxygens (including phenoxy) is 1. The van der Waals surface area contributed by atoms with Crippen molar-refractivity contribution >= 4 is 29.1 Å². The summed E-state index contributed by atoms with van der Waals surface area (Å²) in [5, 5.41) is 6.86. The molecule has 0 radical (unpaired) electrons. The van der Waals surface area contributed by atoms with Crippen molar-refractivity contribution in [1.82, 2.24) is 10.2 Å². The molecule has 1 fully saturated rings. The highest BCUT2D eigenvalue weighted by Crippen LogP contribution is 2.45. The van der Waals surface area contributed by atoms with Crippen LogP contribution in [0.1, 0.15) is 36.8 Å². The molecule has 158 valence electrons. The number of nitrogens with one attached hydrogen (secondary N) is 2. The van der Waals surface area contributed by atoms with E-state index in [-0.39, 0.29) is 24.4 Å². The van der Waals surface area contributed by atoms with Gasteiger partial charge in [-0.2, -0.15) is 0 Å². The highest BCUT2D eigenvalue weighted by Gasteiger charge is 2.50. The van der Waals surface area contributed by atoms with Gasteiger partial charge in [0.15, 0.2) is 5.54 Å². The number of carbonyl (C=O) groups is 2. The van der Waals surface area contributed by atoms with Crippen molar-refractivity contribution in [1.29, 1.82) is 0 Å². The van der Waals surface area contributed by atoms with Crippen LogP contribution in [-0.2, 0) is 15.1 Å². The van der Waals surface area contributed by atoms with E-state index in [4.69, 9.17) is 16.3 Å². The van der Waals surface area contributed by atoms with Gasteiger partial charge in [0.2, 0.25) is 5.91 Å². The summed E-state index contributed by atoms with van der Waals surface area (Å²) in [7, 11) is 3.35. The second-order valence-corrected chi connectivity index (χ2v) is 8.38. The first kappa shape index (κ1) is 20.7. The normalized spacial score (nSPS) is 20.7. The summed E-state index contributed by atoms with van der Waals surface area (Å²) in [5.74, 6) is 0.529. The van der Waals surface area contributed by atoms with Gasteiger partial charge in [-0.3, -0.25) is 14.9 Å². The summed E-state index contributed by atoms with van der Waals surface area (Å²) in [6, 6.07) is 12.7. The van der Waals surface area contributed by atoms with Gasteiger partial charge in [-0.1, -0.05) is 42.6 Å². The number of hydrogen-bond acceptors (Lipinski definition) is 4. The van der Waals surface area contributed by atoms with Crippen molar-refractivity contribution in [3.8, 4) is 5.75 Å². The SMILES string of the molecule is COc1ccccc1C1(NCN(C)C(=O)C2CCCC2)C(=O)Nc2ccc(Cl)cc21. The molecule has 0 aromatic heterocycles. The van der Waals surface area contributed by atoms with Gasteiger partial charge >= 0.3 is 0 Å². The molecule has 0 bridgehead atoms. The van der Waals surface area contributed by atoms with Crippen LogP contribution in [0.3, 0.4) is 0 Å². The molecule has 1 aliphatic carbocycles. The lowest BCUT2D eigenvalue weighted by Gasteiger charge is -2.33. The third-order valence-corrected chi connectivity index (χ3v) is 6.38. The number of rotatable bonds is 6. The van der Waals surface area contributed by atoms with E-state index in [1.165, 1.54) is 0 Å². The first-order valence-electron chi connectivity index (χ1n) is 10.2. The van der Waals surface area contributed by atoms with Crippen LogP contribution in [0.5, 0.6) is 5.75 Å². The molecule has 0 spiro atoms. The summed E-state index contributed by atoms with van der Waals surface area (Å²) in [6.45, 7) is 0.215. The van der Waals surface area contributed by atoms with E-state index >= 15 is 0 Å². The Bertz CT molecular complexity index is 974. The molecule has 1 aliphatic heterocycles. The number of nitrogens with zero attached hydrogens (tertiary/aromatic N) is 1. The molecule has 7 heteroatoms. The Labute approximate surface area is 181 Å². The molecule has 2 aliphatic rings. The third-order valence-electron chi connectivity index (χ3n) is 6.15. The predicted molar refractivity (Wildman–Crippen MR) is 117 cm³/mol. The lowest BCUT2D eigenvalue weighted by Crippen LogP contribution is -2.53. The Morgan fingerprint density at radius 2 is 1.97 bits per heavy atom. The first-order valence-corrected chi connectivity index (χ1v) is 10.6. The van der Waals surface area contributed by atoms with Crippen LogP contribution in [0, 0.1) is 5.92 Å². The van der Waals surface area contributed by atoms with Gasteiger partial charge < -0.3 is 15.0 Å². The van der Waals surface area contributed by atoms with Crippen molar-refractivity contribution < 1.29 is 14.3 Å². The van der Waals surface area contributed by atoms with Crippen LogP contribution in [0.15, 0.2) is 42.5 Å². The van der Waals surface area contributed by atoms with E-state index in [1.807, 2.05) is 24.3 Å². The topological polar surface area (TPSA) is 70.7 Å². The quantitative estimate of drug-likeness (QED) is 0.689. The minimum absolute atomic E-state index is 0.0677. The molecule has 1 heterocycles. The number of halogens is 1. The molecule has 30 heavy (non-hydrogen) atoms. The Morgan fingerprint density at radius 3 is 2.70 bits per heavy atom. The van der Waals surface area contributed by atoms with Gasteiger partial charge in [-0.05, 0) is 37.1 Å². The molecular weight excluding hydrogens is 402 g/mol. The standard InChI is InChI=1S/C23H26ClN3O3/c1-27(21(28)15-7-3-4-8-15)14-25-23(17-9-5-6-10-20(17)30-2)18-13-16(24)11-12-19(18)26-22(23)29/h5-6,9-13,15,25H,3-4,7-8,14H2,1-2H3,(H,26,29). The zero-order chi connectivity index (χ0) is 21.3. The van der Waals surface area contributed by atoms with E-state index in [0.717, 1.165) is 25.7 Å². The van der Waals surface area contributed by atoms with Gasteiger partial charge in [-0.25, -0.2) is 0 Å². The Morgan fingerprint density at radius 1 is 1.23 bits per heavy atom. The van der Waals surface area contributed by atoms with E-state index < -0.39 is 5.54 Å². The minimum atomic E-state index is -1.23. The Balaban J connectivity index is 1.73. The van der Waals surface area contributed by atoms with Crippen LogP contribution in [0.25, 0.3) is 0 Å². The molecule has 2 aromatic carbocycles. The van der Waals surface area contributed by atoms with Crippen molar-refractivity contribution in [3.05, 3.63) is 58.6 Å². The first-order chi connectivity index (χ1) is 14.5. The van der Waals surface area contributed by atoms with Crippen LogP contribution < -0.4 is 15.4 Å². The number of carbonyl (C=O) groups excluding carboxylic acids is 2.